The summed E-state index contributed by atoms with van der Waals surface area (Å²) in [4.78, 5) is 16.1. The lowest BCUT2D eigenvalue weighted by atomic mass is 9.44. The molecule has 1 heterocycles. The third kappa shape index (κ3) is 2.80. The van der Waals surface area contributed by atoms with Gasteiger partial charge in [-0.15, -0.1) is 0 Å². The number of esters is 1. The highest BCUT2D eigenvalue weighted by atomic mass is 16.6. The van der Waals surface area contributed by atoms with Gasteiger partial charge in [0.2, 0.25) is 0 Å². The molecule has 5 aliphatic carbocycles. The molecule has 0 amide bonds. The summed E-state index contributed by atoms with van der Waals surface area (Å²) in [5.74, 6) is -1.06. The Hall–Kier alpha value is -1.75. The topological polar surface area (TPSA) is 124 Å². The molecule has 1 aliphatic heterocycles. The summed E-state index contributed by atoms with van der Waals surface area (Å²) in [6, 6.07) is 7.04. The highest BCUT2D eigenvalue weighted by molar-refractivity contribution is 5.95. The van der Waals surface area contributed by atoms with Crippen LogP contribution >= 0.6 is 0 Å². The number of anilines is 1. The number of nitrogens with two attached hydrogens (primary N) is 1. The molecule has 4 N–H and O–H groups in total. The molecule has 7 rings (SSSR count). The lowest BCUT2D eigenvalue weighted by molar-refractivity contribution is -0.337. The van der Waals surface area contributed by atoms with Crippen LogP contribution in [0.1, 0.15) is 49.4 Å². The van der Waals surface area contributed by atoms with E-state index in [9.17, 15) is 15.0 Å². The van der Waals surface area contributed by atoms with E-state index in [1.165, 1.54) is 0 Å². The van der Waals surface area contributed by atoms with Gasteiger partial charge in [-0.3, -0.25) is 4.90 Å². The fourth-order valence-corrected chi connectivity index (χ4v) is 11.3. The molecule has 1 aromatic carbocycles. The maximum atomic E-state index is 13.7. The van der Waals surface area contributed by atoms with Crippen molar-refractivity contribution in [1.82, 2.24) is 4.90 Å². The van der Waals surface area contributed by atoms with E-state index in [2.05, 4.69) is 11.8 Å². The number of benzene rings is 1. The van der Waals surface area contributed by atoms with Crippen LogP contribution in [0.4, 0.5) is 5.69 Å². The summed E-state index contributed by atoms with van der Waals surface area (Å²) in [6.07, 6.45) is 2.17. The van der Waals surface area contributed by atoms with E-state index in [4.69, 9.17) is 24.7 Å². The highest BCUT2D eigenvalue weighted by Crippen LogP contribution is 2.79. The number of ether oxygens (including phenoxy) is 4. The van der Waals surface area contributed by atoms with Crippen LogP contribution in [-0.4, -0.2) is 96.7 Å². The molecule has 39 heavy (non-hydrogen) atoms. The van der Waals surface area contributed by atoms with Crippen LogP contribution in [0.2, 0.25) is 0 Å². The number of carbonyl (C=O) groups is 1. The van der Waals surface area contributed by atoms with Crippen molar-refractivity contribution in [3.63, 3.8) is 0 Å². The molecule has 9 nitrogen and oxygen atoms in total. The van der Waals surface area contributed by atoms with Crippen molar-refractivity contribution in [3.8, 4) is 0 Å². The second-order valence-corrected chi connectivity index (χ2v) is 13.0. The Kier molecular flexibility index (Phi) is 5.63. The van der Waals surface area contributed by atoms with E-state index in [-0.39, 0.29) is 41.9 Å². The fourth-order valence-electron chi connectivity index (χ4n) is 11.3. The van der Waals surface area contributed by atoms with Gasteiger partial charge in [-0.1, -0.05) is 19.1 Å². The number of hydrogen-bond donors (Lipinski definition) is 3. The van der Waals surface area contributed by atoms with Crippen LogP contribution in [0, 0.1) is 29.1 Å². The zero-order chi connectivity index (χ0) is 27.5. The summed E-state index contributed by atoms with van der Waals surface area (Å²) in [7, 11) is 5.09. The predicted octanol–water partition coefficient (Wildman–Crippen LogP) is 1.85. The second-order valence-electron chi connectivity index (χ2n) is 13.0. The summed E-state index contributed by atoms with van der Waals surface area (Å²) in [6.45, 7) is 3.47. The Labute approximate surface area is 229 Å². The standard InChI is InChI=1S/C30H42N2O7/c1-5-32-15-27(39-26(33)16-8-6-7-9-19(16)31)11-10-23(37-3)29-21(27)13-18(24(29)32)28(34)14-20(36-2)17-12-22(29)30(28,35)25(17)38-4/h6-9,17-18,20-25,34-35H,5,10-15,31H2,1-4H3/t17-,18+,20+,21?,22?,23+,24?,25+,27-,28+,29+,30+/m1/s1. The summed E-state index contributed by atoms with van der Waals surface area (Å²) in [5.41, 5.74) is 2.84. The van der Waals surface area contributed by atoms with Crippen LogP contribution in [0.25, 0.3) is 0 Å². The number of hydrogen-bond acceptors (Lipinski definition) is 9. The molecule has 12 atom stereocenters. The average molecular weight is 543 g/mol. The minimum atomic E-state index is -1.44. The number of piperidine rings is 1. The van der Waals surface area contributed by atoms with Gasteiger partial charge in [0.15, 0.2) is 0 Å². The van der Waals surface area contributed by atoms with Crippen LogP contribution < -0.4 is 5.73 Å². The first-order valence-corrected chi connectivity index (χ1v) is 14.5. The number of nitrogen functional groups attached to an aromatic ring is 1. The van der Waals surface area contributed by atoms with Crippen LogP contribution in [-0.2, 0) is 18.9 Å². The molecule has 9 heteroatoms. The molecule has 6 fully saturated rings. The largest absolute Gasteiger partial charge is 0.454 e. The Morgan fingerprint density at radius 1 is 1.10 bits per heavy atom. The molecular formula is C30H42N2O7. The van der Waals surface area contributed by atoms with Crippen molar-refractivity contribution in [2.45, 2.75) is 80.2 Å². The number of para-hydroxylation sites is 1. The fraction of sp³-hybridized carbons (Fsp3) is 0.767. The SMILES string of the molecule is CCN1C[C@]2(OC(=O)c3ccccc3N)CC[C@H](OC)[C@]34C1[C@H](CC23)[C@@]1(O)C[C@H](OC)[C@H]2CC4[C@]1(O)[C@H]2OC. The Morgan fingerprint density at radius 2 is 1.87 bits per heavy atom. The van der Waals surface area contributed by atoms with Crippen LogP contribution in [0.15, 0.2) is 24.3 Å². The van der Waals surface area contributed by atoms with Gasteiger partial charge in [0.25, 0.3) is 0 Å². The van der Waals surface area contributed by atoms with Crippen molar-refractivity contribution in [1.29, 1.82) is 0 Å². The van der Waals surface area contributed by atoms with Gasteiger partial charge in [-0.25, -0.2) is 4.79 Å². The monoisotopic (exact) mass is 542 g/mol. The number of fused-ring (bicyclic) bond motifs is 2. The van der Waals surface area contributed by atoms with Crippen molar-refractivity contribution in [2.75, 3.05) is 40.2 Å². The number of likely N-dealkylation sites (tertiary alicyclic amines) is 1. The number of rotatable bonds is 6. The minimum Gasteiger partial charge on any atom is -0.454 e. The van der Waals surface area contributed by atoms with E-state index < -0.39 is 34.3 Å². The molecular weight excluding hydrogens is 500 g/mol. The van der Waals surface area contributed by atoms with Crippen molar-refractivity contribution < 1.29 is 34.0 Å². The van der Waals surface area contributed by atoms with E-state index in [0.29, 0.717) is 49.9 Å². The van der Waals surface area contributed by atoms with E-state index in [0.717, 1.165) is 6.54 Å². The maximum Gasteiger partial charge on any atom is 0.340 e. The van der Waals surface area contributed by atoms with Crippen LogP contribution in [0.3, 0.4) is 0 Å². The quantitative estimate of drug-likeness (QED) is 0.365. The van der Waals surface area contributed by atoms with Gasteiger partial charge in [-0.05, 0) is 44.4 Å². The molecule has 6 aliphatic rings. The zero-order valence-corrected chi connectivity index (χ0v) is 23.3. The first kappa shape index (κ1) is 26.2. The third-order valence-corrected chi connectivity index (χ3v) is 12.4. The predicted molar refractivity (Wildman–Crippen MR) is 142 cm³/mol. The second kappa shape index (κ2) is 8.39. The number of aliphatic hydroxyl groups is 2. The molecule has 214 valence electrons. The first-order chi connectivity index (χ1) is 18.7. The van der Waals surface area contributed by atoms with Gasteiger partial charge >= 0.3 is 5.97 Å². The first-order valence-electron chi connectivity index (χ1n) is 14.5. The molecule has 0 radical (unpaired) electrons. The van der Waals surface area contributed by atoms with Crippen molar-refractivity contribution >= 4 is 11.7 Å². The van der Waals surface area contributed by atoms with E-state index in [1.807, 2.05) is 6.07 Å². The Bertz CT molecular complexity index is 1180. The third-order valence-electron chi connectivity index (χ3n) is 12.4. The van der Waals surface area contributed by atoms with Crippen molar-refractivity contribution in [2.24, 2.45) is 29.1 Å². The Balaban J connectivity index is 1.42. The molecule has 5 saturated carbocycles. The van der Waals surface area contributed by atoms with Gasteiger partial charge < -0.3 is 34.9 Å². The summed E-state index contributed by atoms with van der Waals surface area (Å²) < 4.78 is 24.9. The molecule has 0 aromatic heterocycles. The molecule has 1 spiro atoms. The Morgan fingerprint density at radius 3 is 2.54 bits per heavy atom. The zero-order valence-electron chi connectivity index (χ0n) is 23.3. The summed E-state index contributed by atoms with van der Waals surface area (Å²) >= 11 is 0. The molecule has 7 bridgehead atoms. The highest BCUT2D eigenvalue weighted by Gasteiger charge is 2.89. The number of carbonyl (C=O) groups excluding carboxylic acids is 1. The number of methoxy groups -OCH3 is 3. The van der Waals surface area contributed by atoms with Gasteiger partial charge in [0.1, 0.15) is 16.8 Å². The maximum absolute atomic E-state index is 13.7. The number of nitrogens with zero attached hydrogens (tertiary/aromatic N) is 1. The molecule has 1 saturated heterocycles. The molecule has 1 aromatic rings. The van der Waals surface area contributed by atoms with Crippen LogP contribution in [0.5, 0.6) is 0 Å². The normalized spacial score (nSPS) is 51.1. The number of likely N-dealkylation sites (N-methyl/N-ethyl adjacent to an activating group) is 1. The van der Waals surface area contributed by atoms with E-state index in [1.54, 1.807) is 39.5 Å². The van der Waals surface area contributed by atoms with Gasteiger partial charge in [0.05, 0.1) is 23.9 Å². The van der Waals surface area contributed by atoms with E-state index >= 15 is 0 Å². The smallest absolute Gasteiger partial charge is 0.340 e. The average Bonchev–Trinajstić information content (AvgIpc) is 3.35. The van der Waals surface area contributed by atoms with Crippen molar-refractivity contribution in [3.05, 3.63) is 29.8 Å². The summed E-state index contributed by atoms with van der Waals surface area (Å²) in [5, 5.41) is 25.6. The lowest BCUT2D eigenvalue weighted by Gasteiger charge is -2.70. The van der Waals surface area contributed by atoms with Gasteiger partial charge in [0, 0.05) is 75.1 Å². The lowest BCUT2D eigenvalue weighted by Crippen LogP contribution is -2.83. The minimum absolute atomic E-state index is 0.00601. The molecule has 3 unspecified atom stereocenters. The van der Waals surface area contributed by atoms with Gasteiger partial charge in [-0.2, -0.15) is 0 Å².